The molecule has 4 rings (SSSR count). The zero-order valence-electron chi connectivity index (χ0n) is 11.3. The van der Waals surface area contributed by atoms with Crippen LogP contribution in [0.2, 0.25) is 0 Å². The van der Waals surface area contributed by atoms with Crippen LogP contribution in [0.1, 0.15) is 31.1 Å². The van der Waals surface area contributed by atoms with Crippen LogP contribution in [-0.4, -0.2) is 23.9 Å². The Morgan fingerprint density at radius 2 is 2.20 bits per heavy atom. The summed E-state index contributed by atoms with van der Waals surface area (Å²) < 4.78 is 11.7. The number of hydrogen-bond acceptors (Lipinski definition) is 4. The van der Waals surface area contributed by atoms with Gasteiger partial charge < -0.3 is 20.0 Å². The van der Waals surface area contributed by atoms with Crippen molar-refractivity contribution in [3.8, 4) is 0 Å². The summed E-state index contributed by atoms with van der Waals surface area (Å²) in [5.41, 5.74) is 6.42. The van der Waals surface area contributed by atoms with Crippen LogP contribution in [0.5, 0.6) is 0 Å². The summed E-state index contributed by atoms with van der Waals surface area (Å²) >= 11 is 0. The number of hydrogen-bond donors (Lipinski definition) is 2. The standard InChI is InChI=1S/C16H19NO3/c17-9-16(8-11-5-6-14(16)19-11)15(18)13-7-10-3-1-2-4-12(10)20-13/h1-4,7,11,14-15,18H,5-6,8-9,17H2. The van der Waals surface area contributed by atoms with E-state index >= 15 is 0 Å². The normalized spacial score (nSPS) is 33.9. The van der Waals surface area contributed by atoms with Crippen molar-refractivity contribution >= 4 is 11.0 Å². The molecule has 3 N–H and O–H groups in total. The van der Waals surface area contributed by atoms with Crippen molar-refractivity contribution < 1.29 is 14.3 Å². The van der Waals surface area contributed by atoms with Crippen LogP contribution < -0.4 is 5.73 Å². The minimum absolute atomic E-state index is 0.0562. The molecule has 3 heterocycles. The van der Waals surface area contributed by atoms with E-state index in [1.54, 1.807) is 0 Å². The second-order valence-corrected chi connectivity index (χ2v) is 6.05. The van der Waals surface area contributed by atoms with Gasteiger partial charge in [0.15, 0.2) is 0 Å². The molecule has 4 atom stereocenters. The summed E-state index contributed by atoms with van der Waals surface area (Å²) in [4.78, 5) is 0. The predicted octanol–water partition coefficient (Wildman–Crippen LogP) is 2.36. The minimum atomic E-state index is -0.699. The first-order valence-corrected chi connectivity index (χ1v) is 7.25. The third kappa shape index (κ3) is 1.59. The van der Waals surface area contributed by atoms with Crippen molar-refractivity contribution in [3.63, 3.8) is 0 Å². The molecule has 4 nitrogen and oxygen atoms in total. The molecule has 1 aromatic heterocycles. The van der Waals surface area contributed by atoms with Crippen molar-refractivity contribution in [2.45, 2.75) is 37.6 Å². The van der Waals surface area contributed by atoms with Crippen LogP contribution in [0.4, 0.5) is 0 Å². The first-order chi connectivity index (χ1) is 9.73. The Balaban J connectivity index is 1.73. The number of fused-ring (bicyclic) bond motifs is 3. The van der Waals surface area contributed by atoms with E-state index in [0.29, 0.717) is 12.3 Å². The number of furan rings is 1. The van der Waals surface area contributed by atoms with Gasteiger partial charge in [-0.15, -0.1) is 0 Å². The maximum Gasteiger partial charge on any atom is 0.134 e. The molecule has 20 heavy (non-hydrogen) atoms. The van der Waals surface area contributed by atoms with Gasteiger partial charge in [-0.3, -0.25) is 0 Å². The van der Waals surface area contributed by atoms with E-state index < -0.39 is 11.5 Å². The molecule has 1 aromatic carbocycles. The Morgan fingerprint density at radius 3 is 2.85 bits per heavy atom. The number of benzene rings is 1. The van der Waals surface area contributed by atoms with Gasteiger partial charge in [0.25, 0.3) is 0 Å². The molecule has 0 aliphatic carbocycles. The fourth-order valence-electron chi connectivity index (χ4n) is 3.87. The predicted molar refractivity (Wildman–Crippen MR) is 75.2 cm³/mol. The molecule has 2 aromatic rings. The fraction of sp³-hybridized carbons (Fsp3) is 0.500. The summed E-state index contributed by atoms with van der Waals surface area (Å²) in [6, 6.07) is 9.72. The lowest BCUT2D eigenvalue weighted by atomic mass is 9.69. The number of aliphatic hydroxyl groups excluding tert-OH is 1. The Labute approximate surface area is 117 Å². The summed E-state index contributed by atoms with van der Waals surface area (Å²) in [6.07, 6.45) is 2.50. The topological polar surface area (TPSA) is 68.6 Å². The highest BCUT2D eigenvalue weighted by molar-refractivity contribution is 5.77. The highest BCUT2D eigenvalue weighted by Gasteiger charge is 2.56. The largest absolute Gasteiger partial charge is 0.458 e. The van der Waals surface area contributed by atoms with Crippen molar-refractivity contribution in [2.24, 2.45) is 11.1 Å². The molecule has 0 spiro atoms. The molecule has 0 saturated carbocycles. The van der Waals surface area contributed by atoms with Crippen LogP contribution >= 0.6 is 0 Å². The third-order valence-electron chi connectivity index (χ3n) is 5.00. The van der Waals surface area contributed by atoms with Crippen LogP contribution in [-0.2, 0) is 4.74 Å². The lowest BCUT2D eigenvalue weighted by Crippen LogP contribution is -2.44. The van der Waals surface area contributed by atoms with Gasteiger partial charge in [-0.1, -0.05) is 18.2 Å². The third-order valence-corrected chi connectivity index (χ3v) is 5.00. The zero-order chi connectivity index (χ0) is 13.7. The molecule has 2 saturated heterocycles. The highest BCUT2D eigenvalue weighted by Crippen LogP contribution is 2.54. The van der Waals surface area contributed by atoms with Gasteiger partial charge in [-0.2, -0.15) is 0 Å². The van der Waals surface area contributed by atoms with Crippen molar-refractivity contribution in [1.82, 2.24) is 0 Å². The Morgan fingerprint density at radius 1 is 1.35 bits per heavy atom. The fourth-order valence-corrected chi connectivity index (χ4v) is 3.87. The summed E-state index contributed by atoms with van der Waals surface area (Å²) in [5, 5.41) is 11.9. The minimum Gasteiger partial charge on any atom is -0.458 e. The van der Waals surface area contributed by atoms with Crippen molar-refractivity contribution in [1.29, 1.82) is 0 Å². The number of rotatable bonds is 3. The van der Waals surface area contributed by atoms with E-state index in [-0.39, 0.29) is 12.2 Å². The number of para-hydroxylation sites is 1. The average Bonchev–Trinajstić information content (AvgIpc) is 3.19. The summed E-state index contributed by atoms with van der Waals surface area (Å²) in [7, 11) is 0. The lowest BCUT2D eigenvalue weighted by Gasteiger charge is -2.37. The quantitative estimate of drug-likeness (QED) is 0.900. The van der Waals surface area contributed by atoms with Crippen molar-refractivity contribution in [2.75, 3.05) is 6.54 Å². The molecule has 4 unspecified atom stereocenters. The molecule has 0 amide bonds. The maximum absolute atomic E-state index is 10.8. The molecule has 4 heteroatoms. The van der Waals surface area contributed by atoms with Crippen LogP contribution in [0, 0.1) is 5.41 Å². The van der Waals surface area contributed by atoms with Crippen LogP contribution in [0.25, 0.3) is 11.0 Å². The molecule has 2 bridgehead atoms. The van der Waals surface area contributed by atoms with Gasteiger partial charge in [-0.05, 0) is 31.4 Å². The number of aliphatic hydroxyl groups is 1. The molecule has 2 aliphatic rings. The van der Waals surface area contributed by atoms with Gasteiger partial charge in [-0.25, -0.2) is 0 Å². The van der Waals surface area contributed by atoms with E-state index in [4.69, 9.17) is 14.9 Å². The van der Waals surface area contributed by atoms with Crippen molar-refractivity contribution in [3.05, 3.63) is 36.1 Å². The molecule has 0 radical (unpaired) electrons. The monoisotopic (exact) mass is 273 g/mol. The smallest absolute Gasteiger partial charge is 0.134 e. The van der Waals surface area contributed by atoms with Crippen LogP contribution in [0.3, 0.4) is 0 Å². The van der Waals surface area contributed by atoms with E-state index in [0.717, 1.165) is 30.2 Å². The summed E-state index contributed by atoms with van der Waals surface area (Å²) in [5.74, 6) is 0.604. The number of nitrogens with two attached hydrogens (primary N) is 1. The average molecular weight is 273 g/mol. The molecule has 2 aliphatic heterocycles. The Bertz CT molecular complexity index is 604. The van der Waals surface area contributed by atoms with Gasteiger partial charge in [0.05, 0.1) is 12.2 Å². The Hall–Kier alpha value is -1.36. The second-order valence-electron chi connectivity index (χ2n) is 6.05. The second kappa shape index (κ2) is 4.32. The number of ether oxygens (including phenoxy) is 1. The van der Waals surface area contributed by atoms with E-state index in [2.05, 4.69) is 0 Å². The highest BCUT2D eigenvalue weighted by atomic mass is 16.5. The summed E-state index contributed by atoms with van der Waals surface area (Å²) in [6.45, 7) is 0.423. The molecule has 106 valence electrons. The molecular weight excluding hydrogens is 254 g/mol. The Kier molecular flexibility index (Phi) is 2.67. The van der Waals surface area contributed by atoms with E-state index in [1.165, 1.54) is 0 Å². The maximum atomic E-state index is 10.8. The molecular formula is C16H19NO3. The zero-order valence-corrected chi connectivity index (χ0v) is 11.3. The van der Waals surface area contributed by atoms with Crippen LogP contribution in [0.15, 0.2) is 34.7 Å². The first-order valence-electron chi connectivity index (χ1n) is 7.25. The lowest BCUT2D eigenvalue weighted by molar-refractivity contribution is -0.0360. The van der Waals surface area contributed by atoms with Gasteiger partial charge >= 0.3 is 0 Å². The van der Waals surface area contributed by atoms with E-state index in [1.807, 2.05) is 30.3 Å². The first kappa shape index (κ1) is 12.4. The SMILES string of the molecule is NCC1(C(O)c2cc3ccccc3o2)CC2CCC1O2. The molecule has 2 fully saturated rings. The van der Waals surface area contributed by atoms with E-state index in [9.17, 15) is 5.11 Å². The van der Waals surface area contributed by atoms with Gasteiger partial charge in [0.2, 0.25) is 0 Å². The van der Waals surface area contributed by atoms with Gasteiger partial charge in [0.1, 0.15) is 17.4 Å². The van der Waals surface area contributed by atoms with Gasteiger partial charge in [0, 0.05) is 17.3 Å².